The number of carbonyl (C=O) groups excluding carboxylic acids is 3. The van der Waals surface area contributed by atoms with Crippen LogP contribution in [-0.2, 0) is 16.1 Å². The molecular formula is C22H25ClN2O3S. The number of pyridine rings is 1. The quantitative estimate of drug-likeness (QED) is 0.602. The number of hydrogen-bond donors (Lipinski definition) is 1. The molecule has 0 aliphatic carbocycles. The lowest BCUT2D eigenvalue weighted by Crippen LogP contribution is -2.23. The van der Waals surface area contributed by atoms with Gasteiger partial charge in [0.05, 0.1) is 16.1 Å². The summed E-state index contributed by atoms with van der Waals surface area (Å²) in [6, 6.07) is 13.4. The zero-order valence-electron chi connectivity index (χ0n) is 16.8. The number of nitrogens with zero attached hydrogens (tertiary/aromatic N) is 1. The molecule has 3 rings (SSSR count). The molecule has 2 aromatic heterocycles. The first-order valence-electron chi connectivity index (χ1n) is 8.74. The Balaban J connectivity index is 0.00000120. The van der Waals surface area contributed by atoms with E-state index in [1.165, 1.54) is 0 Å². The number of thiophene rings is 1. The number of rotatable bonds is 4. The topological polar surface area (TPSA) is 76.1 Å². The van der Waals surface area contributed by atoms with Crippen LogP contribution in [-0.4, -0.2) is 24.5 Å². The van der Waals surface area contributed by atoms with Crippen LogP contribution < -0.4 is 5.32 Å². The lowest BCUT2D eigenvalue weighted by atomic mass is 10.1. The highest BCUT2D eigenvalue weighted by atomic mass is 35.5. The minimum Gasteiger partial charge on any atom is -0.348 e. The molecule has 0 saturated carbocycles. The summed E-state index contributed by atoms with van der Waals surface area (Å²) in [6.07, 6.45) is 1.60. The molecule has 0 spiro atoms. The van der Waals surface area contributed by atoms with Crippen LogP contribution >= 0.6 is 22.9 Å². The third kappa shape index (κ3) is 8.37. The first-order valence-corrected chi connectivity index (χ1v) is 10.00. The van der Waals surface area contributed by atoms with Gasteiger partial charge in [0.1, 0.15) is 13.6 Å². The summed E-state index contributed by atoms with van der Waals surface area (Å²) in [5.74, 6) is -0.160. The fourth-order valence-electron chi connectivity index (χ4n) is 2.17. The van der Waals surface area contributed by atoms with Gasteiger partial charge in [0.15, 0.2) is 0 Å². The predicted octanol–water partition coefficient (Wildman–Crippen LogP) is 5.36. The number of amides is 1. The highest BCUT2D eigenvalue weighted by molar-refractivity contribution is 7.13. The maximum atomic E-state index is 12.2. The van der Waals surface area contributed by atoms with Crippen LogP contribution in [0.3, 0.4) is 0 Å². The van der Waals surface area contributed by atoms with E-state index in [9.17, 15) is 4.79 Å². The van der Waals surface area contributed by atoms with E-state index in [0.29, 0.717) is 17.1 Å². The molecule has 0 fully saturated rings. The monoisotopic (exact) mass is 432 g/mol. The zero-order chi connectivity index (χ0) is 22.2. The van der Waals surface area contributed by atoms with Crippen molar-refractivity contribution in [2.24, 2.45) is 0 Å². The van der Waals surface area contributed by atoms with Crippen molar-refractivity contribution in [3.63, 3.8) is 0 Å². The van der Waals surface area contributed by atoms with Crippen LogP contribution in [0.15, 0.2) is 54.0 Å². The van der Waals surface area contributed by atoms with Crippen LogP contribution in [0.2, 0.25) is 5.02 Å². The zero-order valence-corrected chi connectivity index (χ0v) is 18.3. The van der Waals surface area contributed by atoms with Gasteiger partial charge in [-0.25, -0.2) is 0 Å². The molecule has 0 saturated heterocycles. The smallest absolute Gasteiger partial charge is 0.253 e. The second-order valence-corrected chi connectivity index (χ2v) is 6.54. The van der Waals surface area contributed by atoms with E-state index in [1.807, 2.05) is 76.1 Å². The molecule has 0 unspecified atom stereocenters. The fraction of sp³-hybridized carbons (Fsp3) is 0.182. The van der Waals surface area contributed by atoms with Gasteiger partial charge in [-0.1, -0.05) is 43.6 Å². The van der Waals surface area contributed by atoms with Gasteiger partial charge in [-0.05, 0) is 47.7 Å². The Kier molecular flexibility index (Phi) is 13.7. The average Bonchev–Trinajstić information content (AvgIpc) is 3.32. The first-order chi connectivity index (χ1) is 14.1. The molecule has 29 heavy (non-hydrogen) atoms. The van der Waals surface area contributed by atoms with E-state index in [2.05, 4.69) is 10.3 Å². The Morgan fingerprint density at radius 1 is 1.10 bits per heavy atom. The van der Waals surface area contributed by atoms with Crippen molar-refractivity contribution < 1.29 is 14.4 Å². The number of hydrogen-bond acceptors (Lipinski definition) is 5. The largest absolute Gasteiger partial charge is 0.348 e. The lowest BCUT2D eigenvalue weighted by molar-refractivity contribution is -0.0987. The van der Waals surface area contributed by atoms with Crippen molar-refractivity contribution in [3.05, 3.63) is 75.8 Å². The van der Waals surface area contributed by atoms with Crippen LogP contribution in [0, 0.1) is 6.92 Å². The maximum absolute atomic E-state index is 12.2. The number of benzene rings is 1. The number of aromatic nitrogens is 1. The summed E-state index contributed by atoms with van der Waals surface area (Å²) < 4.78 is 0. The van der Waals surface area contributed by atoms with Gasteiger partial charge in [-0.2, -0.15) is 0 Å². The van der Waals surface area contributed by atoms with Gasteiger partial charge in [0.2, 0.25) is 0 Å². The Hall–Kier alpha value is -2.83. The summed E-state index contributed by atoms with van der Waals surface area (Å²) in [7, 11) is 0. The van der Waals surface area contributed by atoms with Gasteiger partial charge in [0.25, 0.3) is 5.91 Å². The van der Waals surface area contributed by atoms with E-state index in [-0.39, 0.29) is 5.91 Å². The second kappa shape index (κ2) is 15.1. The molecule has 1 aromatic carbocycles. The Morgan fingerprint density at radius 3 is 2.31 bits per heavy atom. The number of aryl methyl sites for hydroxylation is 1. The molecule has 7 heteroatoms. The first kappa shape index (κ1) is 26.2. The average molecular weight is 433 g/mol. The van der Waals surface area contributed by atoms with Crippen molar-refractivity contribution in [1.29, 1.82) is 0 Å². The molecule has 5 nitrogen and oxygen atoms in total. The number of carbonyl (C=O) groups is 3. The number of halogens is 1. The Morgan fingerprint density at radius 2 is 1.79 bits per heavy atom. The SMILES string of the molecule is C=O.C=O.CC.Cc1ccc(CNC(=O)c2ccc(-c3cccs3)nc2)c(Cl)c1. The summed E-state index contributed by atoms with van der Waals surface area (Å²) in [6.45, 7) is 10.4. The molecule has 2 heterocycles. The fourth-order valence-corrected chi connectivity index (χ4v) is 3.18. The van der Waals surface area contributed by atoms with E-state index in [4.69, 9.17) is 21.2 Å². The van der Waals surface area contributed by atoms with Crippen molar-refractivity contribution >= 4 is 42.4 Å². The summed E-state index contributed by atoms with van der Waals surface area (Å²) in [4.78, 5) is 33.6. The molecule has 0 bridgehead atoms. The van der Waals surface area contributed by atoms with E-state index in [0.717, 1.165) is 21.7 Å². The van der Waals surface area contributed by atoms with Gasteiger partial charge in [-0.15, -0.1) is 11.3 Å². The molecule has 0 aliphatic heterocycles. The van der Waals surface area contributed by atoms with Crippen LogP contribution in [0.4, 0.5) is 0 Å². The molecule has 0 radical (unpaired) electrons. The highest BCUT2D eigenvalue weighted by Gasteiger charge is 2.08. The van der Waals surface area contributed by atoms with Crippen LogP contribution in [0.5, 0.6) is 0 Å². The summed E-state index contributed by atoms with van der Waals surface area (Å²) in [5, 5.41) is 5.54. The van der Waals surface area contributed by atoms with Crippen molar-refractivity contribution in [1.82, 2.24) is 10.3 Å². The summed E-state index contributed by atoms with van der Waals surface area (Å²) in [5.41, 5.74) is 3.40. The van der Waals surface area contributed by atoms with E-state index < -0.39 is 0 Å². The van der Waals surface area contributed by atoms with Crippen LogP contribution in [0.1, 0.15) is 35.3 Å². The third-order valence-corrected chi connectivity index (χ3v) is 4.69. The minimum absolute atomic E-state index is 0.160. The minimum atomic E-state index is -0.160. The Bertz CT molecular complexity index is 851. The van der Waals surface area contributed by atoms with Gasteiger partial charge in [-0.3, -0.25) is 9.78 Å². The molecule has 1 N–H and O–H groups in total. The van der Waals surface area contributed by atoms with Crippen molar-refractivity contribution in [2.45, 2.75) is 27.3 Å². The standard InChI is InChI=1S/C18H15ClN2OS.C2H6.2CH2O/c1-12-4-5-13(15(19)9-12)10-21-18(22)14-6-7-16(20-11-14)17-3-2-8-23-17;3*1-2/h2-9,11H,10H2,1H3,(H,21,22);1-2H3;2*1H2. The van der Waals surface area contributed by atoms with Crippen LogP contribution in [0.25, 0.3) is 10.6 Å². The third-order valence-electron chi connectivity index (χ3n) is 3.45. The second-order valence-electron chi connectivity index (χ2n) is 5.19. The molecule has 0 atom stereocenters. The predicted molar refractivity (Wildman–Crippen MR) is 120 cm³/mol. The normalized spacial score (nSPS) is 8.83. The number of nitrogens with one attached hydrogen (secondary N) is 1. The maximum Gasteiger partial charge on any atom is 0.253 e. The highest BCUT2D eigenvalue weighted by Crippen LogP contribution is 2.22. The van der Waals surface area contributed by atoms with E-state index in [1.54, 1.807) is 23.6 Å². The molecule has 0 aliphatic rings. The Labute approximate surface area is 180 Å². The van der Waals surface area contributed by atoms with Crippen molar-refractivity contribution in [2.75, 3.05) is 0 Å². The molecule has 3 aromatic rings. The van der Waals surface area contributed by atoms with Crippen molar-refractivity contribution in [3.8, 4) is 10.6 Å². The van der Waals surface area contributed by atoms with Gasteiger partial charge < -0.3 is 14.9 Å². The lowest BCUT2D eigenvalue weighted by Gasteiger charge is -2.08. The molecule has 1 amide bonds. The molecule has 154 valence electrons. The van der Waals surface area contributed by atoms with E-state index >= 15 is 0 Å². The van der Waals surface area contributed by atoms with Gasteiger partial charge >= 0.3 is 0 Å². The van der Waals surface area contributed by atoms with Gasteiger partial charge in [0, 0.05) is 17.8 Å². The molecular weight excluding hydrogens is 408 g/mol. The summed E-state index contributed by atoms with van der Waals surface area (Å²) >= 11 is 7.80.